The van der Waals surface area contributed by atoms with Gasteiger partial charge in [0.05, 0.1) is 12.6 Å². The number of fused-ring (bicyclic) bond motifs is 1. The Morgan fingerprint density at radius 2 is 1.74 bits per heavy atom. The van der Waals surface area contributed by atoms with Crippen LogP contribution in [0.2, 0.25) is 0 Å². The number of ether oxygens (including phenoxy) is 1. The fourth-order valence-electron chi connectivity index (χ4n) is 2.97. The molecule has 0 aromatic heterocycles. The van der Waals surface area contributed by atoms with Crippen molar-refractivity contribution in [2.24, 2.45) is 0 Å². The van der Waals surface area contributed by atoms with Crippen LogP contribution in [0.1, 0.15) is 28.4 Å². The fraction of sp³-hybridized carbons (Fsp3) is 0.316. The van der Waals surface area contributed by atoms with Gasteiger partial charge in [0.2, 0.25) is 0 Å². The Bertz CT molecular complexity index is 695. The van der Waals surface area contributed by atoms with Gasteiger partial charge in [-0.3, -0.25) is 4.79 Å². The summed E-state index contributed by atoms with van der Waals surface area (Å²) >= 11 is 0. The van der Waals surface area contributed by atoms with Crippen molar-refractivity contribution in [2.75, 3.05) is 32.6 Å². The number of benzene rings is 2. The lowest BCUT2D eigenvalue weighted by Crippen LogP contribution is -2.34. The summed E-state index contributed by atoms with van der Waals surface area (Å²) in [5.74, 6) is 0.920. The number of hydrogen-bond donors (Lipinski definition) is 0. The summed E-state index contributed by atoms with van der Waals surface area (Å²) in [6.45, 7) is 0.638. The summed E-state index contributed by atoms with van der Waals surface area (Å²) in [6, 6.07) is 15.7. The number of anilines is 1. The Morgan fingerprint density at radius 1 is 1.04 bits per heavy atom. The van der Waals surface area contributed by atoms with Crippen LogP contribution in [-0.4, -0.2) is 38.6 Å². The van der Waals surface area contributed by atoms with Gasteiger partial charge >= 0.3 is 0 Å². The third-order valence-electron chi connectivity index (χ3n) is 4.35. The largest absolute Gasteiger partial charge is 0.493 e. The molecule has 0 saturated carbocycles. The Morgan fingerprint density at radius 3 is 2.43 bits per heavy atom. The van der Waals surface area contributed by atoms with Crippen molar-refractivity contribution >= 4 is 11.6 Å². The zero-order valence-corrected chi connectivity index (χ0v) is 13.8. The lowest BCUT2D eigenvalue weighted by molar-refractivity contribution is 0.0686. The first-order valence-electron chi connectivity index (χ1n) is 7.84. The zero-order valence-electron chi connectivity index (χ0n) is 13.8. The van der Waals surface area contributed by atoms with Gasteiger partial charge in [-0.15, -0.1) is 0 Å². The van der Waals surface area contributed by atoms with E-state index in [1.54, 1.807) is 0 Å². The standard InChI is InChI=1S/C19H22N2O2/c1-20(2)15-10-8-14(9-11-15)19(22)21(3)17-12-13-23-18-7-5-4-6-16(17)18/h4-11,17H,12-13H2,1-3H3. The van der Waals surface area contributed by atoms with Crippen molar-refractivity contribution in [2.45, 2.75) is 12.5 Å². The van der Waals surface area contributed by atoms with Crippen LogP contribution in [0.3, 0.4) is 0 Å². The molecule has 2 aromatic rings. The van der Waals surface area contributed by atoms with Gasteiger partial charge < -0.3 is 14.5 Å². The Labute approximate surface area is 137 Å². The summed E-state index contributed by atoms with van der Waals surface area (Å²) < 4.78 is 5.69. The minimum absolute atomic E-state index is 0.0389. The van der Waals surface area contributed by atoms with E-state index in [0.717, 1.165) is 23.4 Å². The lowest BCUT2D eigenvalue weighted by Gasteiger charge is -2.33. The van der Waals surface area contributed by atoms with Crippen molar-refractivity contribution < 1.29 is 9.53 Å². The third kappa shape index (κ3) is 3.02. The Balaban J connectivity index is 1.83. The van der Waals surface area contributed by atoms with Crippen molar-refractivity contribution in [3.63, 3.8) is 0 Å². The molecule has 1 heterocycles. The van der Waals surface area contributed by atoms with Gasteiger partial charge in [0.25, 0.3) is 5.91 Å². The SMILES string of the molecule is CN(C)c1ccc(C(=O)N(C)C2CCOc3ccccc32)cc1. The number of rotatable bonds is 3. The van der Waals surface area contributed by atoms with Gasteiger partial charge in [0.15, 0.2) is 0 Å². The molecule has 1 atom stereocenters. The van der Waals surface area contributed by atoms with Crippen LogP contribution in [0.5, 0.6) is 5.75 Å². The molecule has 1 unspecified atom stereocenters. The van der Waals surface area contributed by atoms with E-state index in [1.807, 2.05) is 79.5 Å². The van der Waals surface area contributed by atoms with Crippen LogP contribution < -0.4 is 9.64 Å². The van der Waals surface area contributed by atoms with E-state index < -0.39 is 0 Å². The highest BCUT2D eigenvalue weighted by molar-refractivity contribution is 5.94. The summed E-state index contributed by atoms with van der Waals surface area (Å²) in [5, 5.41) is 0. The molecule has 0 N–H and O–H groups in total. The highest BCUT2D eigenvalue weighted by Crippen LogP contribution is 2.35. The Hall–Kier alpha value is -2.49. The lowest BCUT2D eigenvalue weighted by atomic mass is 9.98. The van der Waals surface area contributed by atoms with E-state index in [4.69, 9.17) is 4.74 Å². The highest BCUT2D eigenvalue weighted by atomic mass is 16.5. The first-order chi connectivity index (χ1) is 11.1. The summed E-state index contributed by atoms with van der Waals surface area (Å²) in [6.07, 6.45) is 0.815. The minimum atomic E-state index is 0.0389. The fourth-order valence-corrected chi connectivity index (χ4v) is 2.97. The van der Waals surface area contributed by atoms with Crippen LogP contribution in [-0.2, 0) is 0 Å². The van der Waals surface area contributed by atoms with Crippen LogP contribution in [0.4, 0.5) is 5.69 Å². The van der Waals surface area contributed by atoms with E-state index in [0.29, 0.717) is 12.2 Å². The second-order valence-electron chi connectivity index (χ2n) is 6.05. The second kappa shape index (κ2) is 6.32. The molecule has 0 bridgehead atoms. The molecule has 1 aliphatic heterocycles. The smallest absolute Gasteiger partial charge is 0.254 e. The monoisotopic (exact) mass is 310 g/mol. The van der Waals surface area contributed by atoms with E-state index in [2.05, 4.69) is 0 Å². The molecule has 1 amide bonds. The summed E-state index contributed by atoms with van der Waals surface area (Å²) in [5.41, 5.74) is 2.88. The van der Waals surface area contributed by atoms with E-state index in [9.17, 15) is 4.79 Å². The van der Waals surface area contributed by atoms with Crippen molar-refractivity contribution in [1.29, 1.82) is 0 Å². The molecule has 4 nitrogen and oxygen atoms in total. The van der Waals surface area contributed by atoms with Gasteiger partial charge in [-0.1, -0.05) is 18.2 Å². The summed E-state index contributed by atoms with van der Waals surface area (Å²) in [4.78, 5) is 16.7. The Kier molecular flexibility index (Phi) is 4.24. The molecular weight excluding hydrogens is 288 g/mol. The predicted octanol–water partition coefficient (Wildman–Crippen LogP) is 3.35. The zero-order chi connectivity index (χ0) is 16.4. The summed E-state index contributed by atoms with van der Waals surface area (Å²) in [7, 11) is 5.85. The molecule has 0 radical (unpaired) electrons. The number of carbonyl (C=O) groups excluding carboxylic acids is 1. The van der Waals surface area contributed by atoms with Crippen LogP contribution in [0.25, 0.3) is 0 Å². The molecule has 2 aromatic carbocycles. The highest BCUT2D eigenvalue weighted by Gasteiger charge is 2.28. The number of hydrogen-bond acceptors (Lipinski definition) is 3. The quantitative estimate of drug-likeness (QED) is 0.871. The first-order valence-corrected chi connectivity index (χ1v) is 7.84. The minimum Gasteiger partial charge on any atom is -0.493 e. The van der Waals surface area contributed by atoms with Crippen molar-refractivity contribution in [3.05, 3.63) is 59.7 Å². The van der Waals surface area contributed by atoms with Gasteiger partial charge in [-0.05, 0) is 30.3 Å². The molecular formula is C19H22N2O2. The van der Waals surface area contributed by atoms with E-state index in [1.165, 1.54) is 0 Å². The molecule has 0 spiro atoms. The van der Waals surface area contributed by atoms with Crippen molar-refractivity contribution in [1.82, 2.24) is 4.90 Å². The number of amides is 1. The predicted molar refractivity (Wildman–Crippen MR) is 92.2 cm³/mol. The molecule has 23 heavy (non-hydrogen) atoms. The molecule has 0 saturated heterocycles. The van der Waals surface area contributed by atoms with Gasteiger partial charge in [-0.2, -0.15) is 0 Å². The molecule has 1 aliphatic rings. The van der Waals surface area contributed by atoms with Gasteiger partial charge in [0.1, 0.15) is 5.75 Å². The van der Waals surface area contributed by atoms with Crippen LogP contribution in [0, 0.1) is 0 Å². The average Bonchev–Trinajstić information content (AvgIpc) is 2.60. The van der Waals surface area contributed by atoms with E-state index >= 15 is 0 Å². The normalized spacial score (nSPS) is 16.2. The van der Waals surface area contributed by atoms with Gasteiger partial charge in [0, 0.05) is 44.4 Å². The third-order valence-corrected chi connectivity index (χ3v) is 4.35. The maximum absolute atomic E-state index is 12.8. The number of carbonyl (C=O) groups is 1. The van der Waals surface area contributed by atoms with Gasteiger partial charge in [-0.25, -0.2) is 0 Å². The average molecular weight is 310 g/mol. The first kappa shape index (κ1) is 15.4. The maximum atomic E-state index is 12.8. The molecule has 0 aliphatic carbocycles. The second-order valence-corrected chi connectivity index (χ2v) is 6.05. The number of para-hydroxylation sites is 1. The van der Waals surface area contributed by atoms with Crippen molar-refractivity contribution in [3.8, 4) is 5.75 Å². The van der Waals surface area contributed by atoms with Crippen LogP contribution >= 0.6 is 0 Å². The molecule has 120 valence electrons. The molecule has 3 rings (SSSR count). The number of nitrogens with zero attached hydrogens (tertiary/aromatic N) is 2. The topological polar surface area (TPSA) is 32.8 Å². The maximum Gasteiger partial charge on any atom is 0.254 e. The molecule has 0 fully saturated rings. The molecule has 4 heteroatoms. The van der Waals surface area contributed by atoms with E-state index in [-0.39, 0.29) is 11.9 Å². The van der Waals surface area contributed by atoms with Crippen LogP contribution in [0.15, 0.2) is 48.5 Å².